The van der Waals surface area contributed by atoms with Crippen molar-refractivity contribution in [1.29, 1.82) is 0 Å². The molecule has 2 rings (SSSR count). The van der Waals surface area contributed by atoms with E-state index >= 15 is 0 Å². The Morgan fingerprint density at radius 1 is 1.17 bits per heavy atom. The lowest BCUT2D eigenvalue weighted by Gasteiger charge is -2.10. The summed E-state index contributed by atoms with van der Waals surface area (Å²) in [7, 11) is 0. The number of hydrogen-bond donors (Lipinski definition) is 1. The van der Waals surface area contributed by atoms with Gasteiger partial charge in [-0.3, -0.25) is 0 Å². The Labute approximate surface area is 113 Å². The number of aryl methyl sites for hydroxylation is 2. The number of aliphatic hydroxyl groups is 1. The third-order valence-corrected chi connectivity index (χ3v) is 4.31. The molecule has 1 aromatic carbocycles. The van der Waals surface area contributed by atoms with Crippen LogP contribution < -0.4 is 0 Å². The molecular formula is C16H20OS. The molecule has 0 radical (unpaired) electrons. The second-order valence-corrected chi connectivity index (χ2v) is 5.50. The summed E-state index contributed by atoms with van der Waals surface area (Å²) in [6.45, 7) is 2.14. The zero-order valence-electron chi connectivity index (χ0n) is 10.8. The molecule has 0 bridgehead atoms. The lowest BCUT2D eigenvalue weighted by Crippen LogP contribution is -1.99. The first kappa shape index (κ1) is 13.3. The van der Waals surface area contributed by atoms with E-state index in [4.69, 9.17) is 0 Å². The van der Waals surface area contributed by atoms with Gasteiger partial charge in [0.05, 0.1) is 6.10 Å². The van der Waals surface area contributed by atoms with E-state index in [0.29, 0.717) is 0 Å². The van der Waals surface area contributed by atoms with Crippen LogP contribution in [0.2, 0.25) is 0 Å². The molecule has 0 spiro atoms. The van der Waals surface area contributed by atoms with Gasteiger partial charge < -0.3 is 5.11 Å². The van der Waals surface area contributed by atoms with E-state index < -0.39 is 0 Å². The molecule has 1 nitrogen and oxygen atoms in total. The summed E-state index contributed by atoms with van der Waals surface area (Å²) in [4.78, 5) is 1.16. The van der Waals surface area contributed by atoms with Crippen LogP contribution in [-0.2, 0) is 12.8 Å². The van der Waals surface area contributed by atoms with Gasteiger partial charge in [0.15, 0.2) is 0 Å². The van der Waals surface area contributed by atoms with Crippen molar-refractivity contribution < 1.29 is 5.11 Å². The first-order valence-corrected chi connectivity index (χ1v) is 7.47. The Kier molecular flexibility index (Phi) is 4.97. The molecule has 96 valence electrons. The highest BCUT2D eigenvalue weighted by molar-refractivity contribution is 7.10. The van der Waals surface area contributed by atoms with Gasteiger partial charge >= 0.3 is 0 Å². The molecule has 1 atom stereocenters. The Bertz CT molecular complexity index is 461. The fraction of sp³-hybridized carbons (Fsp3) is 0.375. The minimum Gasteiger partial charge on any atom is -0.388 e. The van der Waals surface area contributed by atoms with Crippen molar-refractivity contribution in [2.45, 2.75) is 38.7 Å². The summed E-state index contributed by atoms with van der Waals surface area (Å²) in [6.07, 6.45) is 3.65. The monoisotopic (exact) mass is 260 g/mol. The molecule has 1 aromatic heterocycles. The van der Waals surface area contributed by atoms with Crippen molar-refractivity contribution in [3.63, 3.8) is 0 Å². The normalized spacial score (nSPS) is 12.6. The molecule has 0 fully saturated rings. The minimum atomic E-state index is -0.288. The highest BCUT2D eigenvalue weighted by Gasteiger charge is 2.12. The standard InChI is InChI=1S/C16H20OS/c1-2-14-11-12-18-16(14)15(17)10-6-9-13-7-4-3-5-8-13/h3-5,7-8,11-12,15,17H,2,6,9-10H2,1H3. The number of thiophene rings is 1. The highest BCUT2D eigenvalue weighted by Crippen LogP contribution is 2.28. The number of rotatable bonds is 6. The van der Waals surface area contributed by atoms with Crippen LogP contribution in [0.5, 0.6) is 0 Å². The molecule has 0 aliphatic carbocycles. The zero-order chi connectivity index (χ0) is 12.8. The van der Waals surface area contributed by atoms with Crippen LogP contribution in [0.1, 0.15) is 41.9 Å². The number of hydrogen-bond acceptors (Lipinski definition) is 2. The topological polar surface area (TPSA) is 20.2 Å². The van der Waals surface area contributed by atoms with E-state index in [1.54, 1.807) is 11.3 Å². The van der Waals surface area contributed by atoms with Crippen LogP contribution in [0.4, 0.5) is 0 Å². The highest BCUT2D eigenvalue weighted by atomic mass is 32.1. The Balaban J connectivity index is 1.84. The van der Waals surface area contributed by atoms with Gasteiger partial charge in [0.25, 0.3) is 0 Å². The third kappa shape index (κ3) is 3.44. The maximum Gasteiger partial charge on any atom is 0.0884 e. The quantitative estimate of drug-likeness (QED) is 0.818. The van der Waals surface area contributed by atoms with Gasteiger partial charge in [-0.05, 0) is 48.3 Å². The van der Waals surface area contributed by atoms with Gasteiger partial charge in [-0.25, -0.2) is 0 Å². The summed E-state index contributed by atoms with van der Waals surface area (Å²) in [5.41, 5.74) is 2.65. The Morgan fingerprint density at radius 2 is 1.94 bits per heavy atom. The van der Waals surface area contributed by atoms with Crippen molar-refractivity contribution in [3.8, 4) is 0 Å². The first-order valence-electron chi connectivity index (χ1n) is 6.59. The molecular weight excluding hydrogens is 240 g/mol. The van der Waals surface area contributed by atoms with Gasteiger partial charge in [0.1, 0.15) is 0 Å². The van der Waals surface area contributed by atoms with Crippen LogP contribution in [0.25, 0.3) is 0 Å². The number of benzene rings is 1. The van der Waals surface area contributed by atoms with Gasteiger partial charge in [-0.15, -0.1) is 11.3 Å². The van der Waals surface area contributed by atoms with Crippen LogP contribution in [0, 0.1) is 0 Å². The molecule has 2 aromatic rings. The lowest BCUT2D eigenvalue weighted by atomic mass is 10.0. The number of aliphatic hydroxyl groups excluding tert-OH is 1. The Hall–Kier alpha value is -1.12. The average molecular weight is 260 g/mol. The van der Waals surface area contributed by atoms with Crippen LogP contribution in [0.3, 0.4) is 0 Å². The summed E-state index contributed by atoms with van der Waals surface area (Å²) in [6, 6.07) is 12.6. The molecule has 0 amide bonds. The van der Waals surface area contributed by atoms with Crippen LogP contribution in [0.15, 0.2) is 41.8 Å². The summed E-state index contributed by atoms with van der Waals surface area (Å²) in [5.74, 6) is 0. The molecule has 0 saturated carbocycles. The second kappa shape index (κ2) is 6.72. The van der Waals surface area contributed by atoms with E-state index in [2.05, 4.69) is 42.6 Å². The molecule has 1 heterocycles. The smallest absolute Gasteiger partial charge is 0.0884 e. The maximum atomic E-state index is 10.2. The van der Waals surface area contributed by atoms with E-state index in [-0.39, 0.29) is 6.10 Å². The fourth-order valence-corrected chi connectivity index (χ4v) is 3.22. The summed E-state index contributed by atoms with van der Waals surface area (Å²) >= 11 is 1.68. The molecule has 0 saturated heterocycles. The summed E-state index contributed by atoms with van der Waals surface area (Å²) < 4.78 is 0. The largest absolute Gasteiger partial charge is 0.388 e. The minimum absolute atomic E-state index is 0.288. The Morgan fingerprint density at radius 3 is 2.67 bits per heavy atom. The van der Waals surface area contributed by atoms with Crippen molar-refractivity contribution in [3.05, 3.63) is 57.8 Å². The maximum absolute atomic E-state index is 10.2. The van der Waals surface area contributed by atoms with Gasteiger partial charge in [0, 0.05) is 4.88 Å². The second-order valence-electron chi connectivity index (χ2n) is 4.56. The zero-order valence-corrected chi connectivity index (χ0v) is 11.6. The predicted molar refractivity (Wildman–Crippen MR) is 78.0 cm³/mol. The lowest BCUT2D eigenvalue weighted by molar-refractivity contribution is 0.167. The molecule has 0 aliphatic heterocycles. The SMILES string of the molecule is CCc1ccsc1C(O)CCCc1ccccc1. The van der Waals surface area contributed by atoms with Crippen molar-refractivity contribution in [2.24, 2.45) is 0 Å². The molecule has 2 heteroatoms. The predicted octanol–water partition coefficient (Wildman–Crippen LogP) is 4.37. The van der Waals surface area contributed by atoms with Gasteiger partial charge in [0.2, 0.25) is 0 Å². The molecule has 18 heavy (non-hydrogen) atoms. The van der Waals surface area contributed by atoms with E-state index in [1.165, 1.54) is 11.1 Å². The molecule has 0 aliphatic rings. The average Bonchev–Trinajstić information content (AvgIpc) is 2.88. The first-order chi connectivity index (χ1) is 8.81. The van der Waals surface area contributed by atoms with Crippen LogP contribution >= 0.6 is 11.3 Å². The third-order valence-electron chi connectivity index (χ3n) is 3.25. The van der Waals surface area contributed by atoms with Crippen molar-refractivity contribution >= 4 is 11.3 Å². The fourth-order valence-electron chi connectivity index (χ4n) is 2.21. The van der Waals surface area contributed by atoms with Gasteiger partial charge in [-0.1, -0.05) is 37.3 Å². The van der Waals surface area contributed by atoms with E-state index in [9.17, 15) is 5.11 Å². The van der Waals surface area contributed by atoms with Crippen LogP contribution in [-0.4, -0.2) is 5.11 Å². The molecule has 1 unspecified atom stereocenters. The van der Waals surface area contributed by atoms with Gasteiger partial charge in [-0.2, -0.15) is 0 Å². The van der Waals surface area contributed by atoms with E-state index in [0.717, 1.165) is 30.6 Å². The summed E-state index contributed by atoms with van der Waals surface area (Å²) in [5, 5.41) is 12.3. The molecule has 1 N–H and O–H groups in total. The van der Waals surface area contributed by atoms with E-state index in [1.807, 2.05) is 6.07 Å². The van der Waals surface area contributed by atoms with Crippen molar-refractivity contribution in [1.82, 2.24) is 0 Å². The van der Waals surface area contributed by atoms with Crippen molar-refractivity contribution in [2.75, 3.05) is 0 Å².